The number of rotatable bonds is 6. The van der Waals surface area contributed by atoms with Crippen molar-refractivity contribution in [3.63, 3.8) is 0 Å². The Hall–Kier alpha value is -2.57. The number of amides is 1. The summed E-state index contributed by atoms with van der Waals surface area (Å²) in [4.78, 5) is 34.2. The van der Waals surface area contributed by atoms with Crippen LogP contribution in [0.5, 0.6) is 5.75 Å². The predicted molar refractivity (Wildman–Crippen MR) is 89.3 cm³/mol. The van der Waals surface area contributed by atoms with E-state index in [0.717, 1.165) is 24.3 Å². The molecule has 29 heavy (non-hydrogen) atoms. The summed E-state index contributed by atoms with van der Waals surface area (Å²) in [6, 6.07) is 2.51. The van der Waals surface area contributed by atoms with E-state index < -0.39 is 56.7 Å². The van der Waals surface area contributed by atoms with Crippen LogP contribution >= 0.6 is 0 Å². The minimum absolute atomic E-state index is 0.178. The summed E-state index contributed by atoms with van der Waals surface area (Å²) in [5.74, 6) is -6.32. The number of nitrogens with one attached hydrogen (secondary N) is 1. The van der Waals surface area contributed by atoms with Crippen molar-refractivity contribution in [1.82, 2.24) is 5.32 Å². The number of alkyl halides is 6. The highest BCUT2D eigenvalue weighted by atomic mass is 28.4. The zero-order valence-electron chi connectivity index (χ0n) is 15.4. The third-order valence-electron chi connectivity index (χ3n) is 3.06. The average molecular weight is 445 g/mol. The van der Waals surface area contributed by atoms with Gasteiger partial charge in [0.15, 0.2) is 0 Å². The molecule has 1 aromatic carbocycles. The Kier molecular flexibility index (Phi) is 7.46. The van der Waals surface area contributed by atoms with Crippen LogP contribution < -0.4 is 10.1 Å². The van der Waals surface area contributed by atoms with E-state index in [9.17, 15) is 40.7 Å². The summed E-state index contributed by atoms with van der Waals surface area (Å²) in [6.45, 7) is 4.83. The highest BCUT2D eigenvalue weighted by Gasteiger charge is 2.42. The Morgan fingerprint density at radius 2 is 1.48 bits per heavy atom. The van der Waals surface area contributed by atoms with E-state index in [2.05, 4.69) is 4.74 Å². The fourth-order valence-electron chi connectivity index (χ4n) is 1.90. The SMILES string of the molecule is C[Si](C)(C)OC(=O)C(Cc1ccc(OC(=O)C(F)(F)F)cc1)NC(=O)C(F)(F)F. The van der Waals surface area contributed by atoms with Crippen LogP contribution in [0.1, 0.15) is 5.56 Å². The first kappa shape index (κ1) is 24.5. The highest BCUT2D eigenvalue weighted by Crippen LogP contribution is 2.21. The molecule has 0 aliphatic carbocycles. The van der Waals surface area contributed by atoms with Crippen LogP contribution in [0, 0.1) is 0 Å². The highest BCUT2D eigenvalue weighted by molar-refractivity contribution is 6.71. The van der Waals surface area contributed by atoms with E-state index >= 15 is 0 Å². The quantitative estimate of drug-likeness (QED) is 0.315. The Morgan fingerprint density at radius 3 is 1.90 bits per heavy atom. The molecule has 0 saturated heterocycles. The van der Waals surface area contributed by atoms with Crippen molar-refractivity contribution in [3.8, 4) is 5.75 Å². The molecular formula is C16H17F6NO5Si. The van der Waals surface area contributed by atoms with E-state index in [1.54, 1.807) is 25.0 Å². The molecule has 0 radical (unpaired) electrons. The van der Waals surface area contributed by atoms with E-state index in [0.29, 0.717) is 0 Å². The Bertz CT molecular complexity index is 755. The van der Waals surface area contributed by atoms with Crippen LogP contribution in [-0.2, 0) is 25.2 Å². The average Bonchev–Trinajstić information content (AvgIpc) is 2.52. The van der Waals surface area contributed by atoms with Crippen LogP contribution in [0.3, 0.4) is 0 Å². The van der Waals surface area contributed by atoms with Gasteiger partial charge in [-0.3, -0.25) is 9.59 Å². The third-order valence-corrected chi connectivity index (χ3v) is 3.87. The van der Waals surface area contributed by atoms with Crippen molar-refractivity contribution in [1.29, 1.82) is 0 Å². The van der Waals surface area contributed by atoms with Crippen molar-refractivity contribution in [3.05, 3.63) is 29.8 Å². The third kappa shape index (κ3) is 8.54. The second kappa shape index (κ2) is 8.84. The predicted octanol–water partition coefficient (Wildman–Crippen LogP) is 3.12. The summed E-state index contributed by atoms with van der Waals surface area (Å²) < 4.78 is 83.3. The molecule has 1 aromatic rings. The maximum absolute atomic E-state index is 12.5. The summed E-state index contributed by atoms with van der Waals surface area (Å²) in [5.41, 5.74) is 0.178. The number of carbonyl (C=O) groups excluding carboxylic acids is 3. The molecule has 0 fully saturated rings. The summed E-state index contributed by atoms with van der Waals surface area (Å²) in [7, 11) is -2.49. The summed E-state index contributed by atoms with van der Waals surface area (Å²) in [5, 5.41) is 1.54. The molecule has 0 bridgehead atoms. The number of benzene rings is 1. The molecule has 0 aliphatic heterocycles. The molecule has 1 N–H and O–H groups in total. The minimum Gasteiger partial charge on any atom is -0.518 e. The molecule has 13 heteroatoms. The first-order valence-corrected chi connectivity index (χ1v) is 11.4. The van der Waals surface area contributed by atoms with Gasteiger partial charge in [0, 0.05) is 6.42 Å². The summed E-state index contributed by atoms with van der Waals surface area (Å²) in [6.07, 6.45) is -10.9. The number of hydrogen-bond acceptors (Lipinski definition) is 5. The molecule has 6 nitrogen and oxygen atoms in total. The van der Waals surface area contributed by atoms with Gasteiger partial charge in [-0.1, -0.05) is 12.1 Å². The van der Waals surface area contributed by atoms with E-state index in [1.165, 1.54) is 0 Å². The van der Waals surface area contributed by atoms with Gasteiger partial charge in [-0.25, -0.2) is 4.79 Å². The molecule has 0 saturated carbocycles. The molecule has 1 rings (SSSR count). The fourth-order valence-corrected chi connectivity index (χ4v) is 2.65. The van der Waals surface area contributed by atoms with E-state index in [-0.39, 0.29) is 5.56 Å². The van der Waals surface area contributed by atoms with Gasteiger partial charge in [-0.05, 0) is 37.3 Å². The molecule has 162 valence electrons. The zero-order chi connectivity index (χ0) is 22.6. The first-order valence-electron chi connectivity index (χ1n) is 7.97. The van der Waals surface area contributed by atoms with Gasteiger partial charge >= 0.3 is 30.2 Å². The smallest absolute Gasteiger partial charge is 0.491 e. The number of carbonyl (C=O) groups is 3. The van der Waals surface area contributed by atoms with Crippen LogP contribution in [-0.4, -0.2) is 44.6 Å². The van der Waals surface area contributed by atoms with Crippen molar-refractivity contribution in [2.24, 2.45) is 0 Å². The maximum Gasteiger partial charge on any atom is 0.491 e. The molecule has 1 unspecified atom stereocenters. The largest absolute Gasteiger partial charge is 0.518 e. The molecule has 1 atom stereocenters. The van der Waals surface area contributed by atoms with Crippen molar-refractivity contribution in [2.45, 2.75) is 44.5 Å². The Balaban J connectivity index is 2.96. The topological polar surface area (TPSA) is 81.7 Å². The van der Waals surface area contributed by atoms with Crippen molar-refractivity contribution in [2.75, 3.05) is 0 Å². The molecule has 0 aliphatic rings. The van der Waals surface area contributed by atoms with E-state index in [4.69, 9.17) is 4.43 Å². The second-order valence-electron chi connectivity index (χ2n) is 6.79. The lowest BCUT2D eigenvalue weighted by molar-refractivity contribution is -0.189. The van der Waals surface area contributed by atoms with E-state index in [1.807, 2.05) is 0 Å². The fraction of sp³-hybridized carbons (Fsp3) is 0.438. The zero-order valence-corrected chi connectivity index (χ0v) is 16.4. The minimum atomic E-state index is -5.23. The van der Waals surface area contributed by atoms with Gasteiger partial charge in [0.25, 0.3) is 0 Å². The first-order chi connectivity index (χ1) is 13.0. The van der Waals surface area contributed by atoms with Gasteiger partial charge in [0.2, 0.25) is 8.32 Å². The lowest BCUT2D eigenvalue weighted by Crippen LogP contribution is -2.50. The lowest BCUT2D eigenvalue weighted by atomic mass is 10.1. The molecular weight excluding hydrogens is 428 g/mol. The molecule has 0 heterocycles. The van der Waals surface area contributed by atoms with Gasteiger partial charge < -0.3 is 14.5 Å². The van der Waals surface area contributed by atoms with Crippen LogP contribution in [0.15, 0.2) is 24.3 Å². The number of halogens is 6. The van der Waals surface area contributed by atoms with Gasteiger partial charge in [0.05, 0.1) is 0 Å². The van der Waals surface area contributed by atoms with Gasteiger partial charge in [-0.2, -0.15) is 26.3 Å². The molecule has 0 aromatic heterocycles. The number of hydrogen-bond donors (Lipinski definition) is 1. The molecule has 0 spiro atoms. The van der Waals surface area contributed by atoms with Crippen LogP contribution in [0.4, 0.5) is 26.3 Å². The lowest BCUT2D eigenvalue weighted by Gasteiger charge is -2.24. The normalized spacial score (nSPS) is 13.4. The van der Waals surface area contributed by atoms with Crippen LogP contribution in [0.2, 0.25) is 19.6 Å². The number of ether oxygens (including phenoxy) is 1. The standard InChI is InChI=1S/C16H17F6NO5Si/c1-29(2,3)28-12(24)11(23-13(25)15(17,18)19)8-9-4-6-10(7-5-9)27-14(26)16(20,21)22/h4-7,11H,8H2,1-3H3,(H,23,25). The van der Waals surface area contributed by atoms with Gasteiger partial charge in [0.1, 0.15) is 11.8 Å². The van der Waals surface area contributed by atoms with Crippen molar-refractivity contribution >= 4 is 26.2 Å². The van der Waals surface area contributed by atoms with Gasteiger partial charge in [-0.15, -0.1) is 0 Å². The number of esters is 1. The molecule has 1 amide bonds. The maximum atomic E-state index is 12.5. The summed E-state index contributed by atoms with van der Waals surface area (Å²) >= 11 is 0. The Morgan fingerprint density at radius 1 is 0.966 bits per heavy atom. The monoisotopic (exact) mass is 445 g/mol. The van der Waals surface area contributed by atoms with Crippen molar-refractivity contribution < 1.29 is 49.9 Å². The van der Waals surface area contributed by atoms with Crippen LogP contribution in [0.25, 0.3) is 0 Å². The Labute approximate surface area is 162 Å². The second-order valence-corrected chi connectivity index (χ2v) is 11.2.